The summed E-state index contributed by atoms with van der Waals surface area (Å²) in [4.78, 5) is 14.5. The van der Waals surface area contributed by atoms with Crippen molar-refractivity contribution in [3.8, 4) is 0 Å². The number of pyridine rings is 1. The topological polar surface area (TPSA) is 96.4 Å². The van der Waals surface area contributed by atoms with Crippen LogP contribution in [0.15, 0.2) is 34.8 Å². The molecule has 0 aliphatic carbocycles. The van der Waals surface area contributed by atoms with E-state index in [1.807, 2.05) is 6.92 Å². The molecule has 0 aliphatic rings. The van der Waals surface area contributed by atoms with Gasteiger partial charge in [-0.2, -0.15) is 0 Å². The number of thiophene rings is 1. The van der Waals surface area contributed by atoms with Crippen molar-refractivity contribution in [2.75, 3.05) is 0 Å². The molecule has 6 nitrogen and oxygen atoms in total. The van der Waals surface area contributed by atoms with Gasteiger partial charge in [0.2, 0.25) is 10.0 Å². The van der Waals surface area contributed by atoms with Crippen LogP contribution in [0.25, 0.3) is 0 Å². The SMILES string of the molecule is Cc1cnccc1CNS(=O)(=O)c1ccsc1C(=O)O. The van der Waals surface area contributed by atoms with E-state index in [2.05, 4.69) is 9.71 Å². The molecule has 2 rings (SSSR count). The van der Waals surface area contributed by atoms with Gasteiger partial charge >= 0.3 is 5.97 Å². The second-order valence-corrected chi connectivity index (χ2v) is 6.70. The van der Waals surface area contributed by atoms with Gasteiger partial charge in [-0.25, -0.2) is 17.9 Å². The Balaban J connectivity index is 2.22. The first-order valence-corrected chi connectivity index (χ1v) is 7.98. The zero-order chi connectivity index (χ0) is 14.8. The number of hydrogen-bond acceptors (Lipinski definition) is 5. The van der Waals surface area contributed by atoms with Gasteiger partial charge in [-0.05, 0) is 35.6 Å². The normalized spacial score (nSPS) is 11.4. The van der Waals surface area contributed by atoms with Crippen molar-refractivity contribution in [1.82, 2.24) is 9.71 Å². The van der Waals surface area contributed by atoms with Crippen LogP contribution in [0.5, 0.6) is 0 Å². The van der Waals surface area contributed by atoms with Crippen LogP contribution < -0.4 is 4.72 Å². The van der Waals surface area contributed by atoms with Gasteiger partial charge in [-0.3, -0.25) is 4.98 Å². The van der Waals surface area contributed by atoms with Gasteiger partial charge in [0.05, 0.1) is 0 Å². The lowest BCUT2D eigenvalue weighted by atomic mass is 10.2. The van der Waals surface area contributed by atoms with Crippen molar-refractivity contribution >= 4 is 27.3 Å². The molecule has 8 heteroatoms. The lowest BCUT2D eigenvalue weighted by molar-refractivity contribution is 0.0698. The molecule has 2 aromatic rings. The highest BCUT2D eigenvalue weighted by Gasteiger charge is 2.23. The minimum atomic E-state index is -3.85. The van der Waals surface area contributed by atoms with Crippen molar-refractivity contribution in [3.63, 3.8) is 0 Å². The molecule has 0 aromatic carbocycles. The zero-order valence-electron chi connectivity index (χ0n) is 10.5. The number of aromatic nitrogens is 1. The Morgan fingerprint density at radius 3 is 2.85 bits per heavy atom. The molecule has 2 heterocycles. The average Bonchev–Trinajstić information content (AvgIpc) is 2.88. The molecule has 0 unspecified atom stereocenters. The summed E-state index contributed by atoms with van der Waals surface area (Å²) in [6.07, 6.45) is 3.21. The highest BCUT2D eigenvalue weighted by molar-refractivity contribution is 7.89. The van der Waals surface area contributed by atoms with Gasteiger partial charge in [0.1, 0.15) is 9.77 Å². The number of nitrogens with one attached hydrogen (secondary N) is 1. The number of hydrogen-bond donors (Lipinski definition) is 2. The zero-order valence-corrected chi connectivity index (χ0v) is 12.2. The first kappa shape index (κ1) is 14.6. The molecule has 0 radical (unpaired) electrons. The smallest absolute Gasteiger partial charge is 0.347 e. The van der Waals surface area contributed by atoms with E-state index in [9.17, 15) is 13.2 Å². The van der Waals surface area contributed by atoms with Crippen LogP contribution in [-0.4, -0.2) is 24.5 Å². The number of sulfonamides is 1. The second-order valence-electron chi connectivity index (χ2n) is 4.05. The second kappa shape index (κ2) is 5.70. The van der Waals surface area contributed by atoms with Crippen LogP contribution in [-0.2, 0) is 16.6 Å². The van der Waals surface area contributed by atoms with Crippen molar-refractivity contribution in [2.24, 2.45) is 0 Å². The molecular formula is C12H12N2O4S2. The van der Waals surface area contributed by atoms with Crippen molar-refractivity contribution < 1.29 is 18.3 Å². The number of carboxylic acid groups (broad SMARTS) is 1. The van der Waals surface area contributed by atoms with Crippen molar-refractivity contribution in [2.45, 2.75) is 18.4 Å². The number of carboxylic acids is 1. The Morgan fingerprint density at radius 2 is 2.20 bits per heavy atom. The van der Waals surface area contributed by atoms with Crippen molar-refractivity contribution in [1.29, 1.82) is 0 Å². The fraction of sp³-hybridized carbons (Fsp3) is 0.167. The summed E-state index contributed by atoms with van der Waals surface area (Å²) in [5.41, 5.74) is 1.65. The summed E-state index contributed by atoms with van der Waals surface area (Å²) in [5.74, 6) is -1.25. The van der Waals surface area contributed by atoms with Crippen LogP contribution in [0.4, 0.5) is 0 Å². The maximum atomic E-state index is 12.1. The third-order valence-electron chi connectivity index (χ3n) is 2.70. The van der Waals surface area contributed by atoms with Gasteiger partial charge in [0.15, 0.2) is 0 Å². The Kier molecular flexibility index (Phi) is 4.17. The van der Waals surface area contributed by atoms with Crippen molar-refractivity contribution in [3.05, 3.63) is 45.9 Å². The third-order valence-corrected chi connectivity index (χ3v) is 5.18. The van der Waals surface area contributed by atoms with E-state index >= 15 is 0 Å². The molecule has 0 aliphatic heterocycles. The Bertz CT molecular complexity index is 737. The molecule has 0 saturated carbocycles. The Labute approximate surface area is 120 Å². The summed E-state index contributed by atoms with van der Waals surface area (Å²) in [5, 5.41) is 10.4. The Morgan fingerprint density at radius 1 is 1.45 bits per heavy atom. The summed E-state index contributed by atoms with van der Waals surface area (Å²) in [7, 11) is -3.85. The molecule has 0 bridgehead atoms. The predicted octanol–water partition coefficient (Wildman–Crippen LogP) is 1.63. The van der Waals surface area contributed by atoms with Crippen LogP contribution >= 0.6 is 11.3 Å². The van der Waals surface area contributed by atoms with E-state index in [0.29, 0.717) is 0 Å². The quantitative estimate of drug-likeness (QED) is 0.874. The molecule has 0 fully saturated rings. The Hall–Kier alpha value is -1.77. The number of rotatable bonds is 5. The van der Waals surface area contributed by atoms with Crippen LogP contribution in [0.3, 0.4) is 0 Å². The highest BCUT2D eigenvalue weighted by atomic mass is 32.2. The van der Waals surface area contributed by atoms with E-state index in [-0.39, 0.29) is 16.3 Å². The lowest BCUT2D eigenvalue weighted by Crippen LogP contribution is -2.24. The van der Waals surface area contributed by atoms with Crippen LogP contribution in [0.1, 0.15) is 20.8 Å². The maximum absolute atomic E-state index is 12.1. The molecule has 2 N–H and O–H groups in total. The number of aryl methyl sites for hydroxylation is 1. The average molecular weight is 312 g/mol. The fourth-order valence-electron chi connectivity index (χ4n) is 1.62. The molecule has 106 valence electrons. The van der Waals surface area contributed by atoms with E-state index in [0.717, 1.165) is 22.5 Å². The predicted molar refractivity (Wildman–Crippen MR) is 74.3 cm³/mol. The van der Waals surface area contributed by atoms with E-state index in [4.69, 9.17) is 5.11 Å². The standard InChI is InChI=1S/C12H12N2O4S2/c1-8-6-13-4-2-9(8)7-14-20(17,18)10-3-5-19-11(10)12(15)16/h2-6,14H,7H2,1H3,(H,15,16). The largest absolute Gasteiger partial charge is 0.477 e. The number of aromatic carboxylic acids is 1. The van der Waals surface area contributed by atoms with E-state index in [1.54, 1.807) is 18.5 Å². The maximum Gasteiger partial charge on any atom is 0.347 e. The van der Waals surface area contributed by atoms with Gasteiger partial charge in [0, 0.05) is 18.9 Å². The van der Waals surface area contributed by atoms with Gasteiger partial charge in [-0.1, -0.05) is 0 Å². The first-order valence-electron chi connectivity index (χ1n) is 5.62. The molecule has 0 saturated heterocycles. The van der Waals surface area contributed by atoms with Gasteiger partial charge in [-0.15, -0.1) is 11.3 Å². The van der Waals surface area contributed by atoms with E-state index in [1.165, 1.54) is 11.4 Å². The molecule has 0 atom stereocenters. The van der Waals surface area contributed by atoms with Crippen LogP contribution in [0.2, 0.25) is 0 Å². The summed E-state index contributed by atoms with van der Waals surface area (Å²) < 4.78 is 26.6. The molecule has 20 heavy (non-hydrogen) atoms. The van der Waals surface area contributed by atoms with Crippen LogP contribution in [0, 0.1) is 6.92 Å². The number of carbonyl (C=O) groups is 1. The third kappa shape index (κ3) is 3.03. The summed E-state index contributed by atoms with van der Waals surface area (Å²) in [6, 6.07) is 3.00. The van der Waals surface area contributed by atoms with Gasteiger partial charge < -0.3 is 5.11 Å². The highest BCUT2D eigenvalue weighted by Crippen LogP contribution is 2.22. The molecular weight excluding hydrogens is 300 g/mol. The summed E-state index contributed by atoms with van der Waals surface area (Å²) >= 11 is 0.881. The molecule has 0 amide bonds. The van der Waals surface area contributed by atoms with E-state index < -0.39 is 16.0 Å². The first-order chi connectivity index (χ1) is 9.42. The summed E-state index contributed by atoms with van der Waals surface area (Å²) in [6.45, 7) is 1.91. The number of nitrogens with zero attached hydrogens (tertiary/aromatic N) is 1. The monoisotopic (exact) mass is 312 g/mol. The molecule has 0 spiro atoms. The molecule has 2 aromatic heterocycles. The van der Waals surface area contributed by atoms with Gasteiger partial charge in [0.25, 0.3) is 0 Å². The minimum absolute atomic E-state index is 0.0889. The lowest BCUT2D eigenvalue weighted by Gasteiger charge is -2.08. The fourth-order valence-corrected chi connectivity index (χ4v) is 3.88. The minimum Gasteiger partial charge on any atom is -0.477 e.